The topological polar surface area (TPSA) is 119 Å². The Balaban J connectivity index is 1.48. The maximum absolute atomic E-state index is 14.2. The first kappa shape index (κ1) is 35.9. The summed E-state index contributed by atoms with van der Waals surface area (Å²) in [6.07, 6.45) is 6.74. The number of fused-ring (bicyclic) bond motifs is 1. The SMILES string of the molecule is CCc1ccc(OCC2CC2)c(-c2ncnc3c(C(=O)N[C@H]4CC[C@@H](N(C(=O)O)C(C)(C)C)CC4)c(C)n(COCC[Si](C)(C)C)c23)c1. The zero-order valence-electron chi connectivity index (χ0n) is 30.2. The zero-order valence-corrected chi connectivity index (χ0v) is 31.2. The molecule has 2 aliphatic carbocycles. The molecule has 2 aliphatic rings. The summed E-state index contributed by atoms with van der Waals surface area (Å²) in [6.45, 7) is 18.5. The van der Waals surface area contributed by atoms with Crippen LogP contribution in [-0.2, 0) is 17.9 Å². The Kier molecular flexibility index (Phi) is 10.9. The van der Waals surface area contributed by atoms with Crippen molar-refractivity contribution in [2.24, 2.45) is 5.92 Å². The van der Waals surface area contributed by atoms with Crippen LogP contribution in [0.25, 0.3) is 22.3 Å². The van der Waals surface area contributed by atoms with Gasteiger partial charge in [-0.1, -0.05) is 32.6 Å². The number of nitrogens with one attached hydrogen (secondary N) is 1. The number of nitrogens with zero attached hydrogens (tertiary/aromatic N) is 4. The molecule has 0 atom stereocenters. The molecule has 0 saturated heterocycles. The van der Waals surface area contributed by atoms with Crippen LogP contribution in [0.4, 0.5) is 4.79 Å². The molecule has 2 heterocycles. The Hall–Kier alpha value is -3.44. The van der Waals surface area contributed by atoms with E-state index in [0.717, 1.165) is 40.7 Å². The summed E-state index contributed by atoms with van der Waals surface area (Å²) in [4.78, 5) is 37.3. The highest BCUT2D eigenvalue weighted by Crippen LogP contribution is 2.39. The van der Waals surface area contributed by atoms with Gasteiger partial charge in [0.15, 0.2) is 0 Å². The van der Waals surface area contributed by atoms with E-state index in [9.17, 15) is 14.7 Å². The van der Waals surface area contributed by atoms with Gasteiger partial charge in [-0.2, -0.15) is 0 Å². The zero-order chi connectivity index (χ0) is 34.8. The fourth-order valence-corrected chi connectivity index (χ4v) is 7.54. The first-order valence-corrected chi connectivity index (χ1v) is 21.4. The van der Waals surface area contributed by atoms with Gasteiger partial charge >= 0.3 is 6.09 Å². The lowest BCUT2D eigenvalue weighted by Crippen LogP contribution is -2.53. The van der Waals surface area contributed by atoms with Gasteiger partial charge in [0.05, 0.1) is 17.7 Å². The van der Waals surface area contributed by atoms with Crippen LogP contribution in [0.15, 0.2) is 24.5 Å². The number of carbonyl (C=O) groups is 2. The third kappa shape index (κ3) is 8.40. The first-order chi connectivity index (χ1) is 22.7. The van der Waals surface area contributed by atoms with Gasteiger partial charge in [0.1, 0.15) is 30.0 Å². The molecule has 1 aromatic carbocycles. The van der Waals surface area contributed by atoms with Gasteiger partial charge in [0.25, 0.3) is 5.91 Å². The summed E-state index contributed by atoms with van der Waals surface area (Å²) in [6, 6.07) is 7.22. The molecule has 2 fully saturated rings. The van der Waals surface area contributed by atoms with Gasteiger partial charge in [-0.25, -0.2) is 14.8 Å². The summed E-state index contributed by atoms with van der Waals surface area (Å²) in [7, 11) is -1.30. The Morgan fingerprint density at radius 2 is 1.79 bits per heavy atom. The van der Waals surface area contributed by atoms with Crippen molar-refractivity contribution >= 4 is 31.1 Å². The first-order valence-electron chi connectivity index (χ1n) is 17.7. The van der Waals surface area contributed by atoms with E-state index in [2.05, 4.69) is 48.6 Å². The number of aromatic nitrogens is 3. The van der Waals surface area contributed by atoms with Crippen molar-refractivity contribution < 1.29 is 24.2 Å². The predicted molar refractivity (Wildman–Crippen MR) is 193 cm³/mol. The van der Waals surface area contributed by atoms with Crippen molar-refractivity contribution in [2.75, 3.05) is 13.2 Å². The lowest BCUT2D eigenvalue weighted by molar-refractivity contribution is 0.0519. The number of amides is 2. The maximum atomic E-state index is 14.2. The number of aryl methyl sites for hydroxylation is 1. The van der Waals surface area contributed by atoms with Crippen molar-refractivity contribution in [3.63, 3.8) is 0 Å². The Morgan fingerprint density at radius 3 is 2.40 bits per heavy atom. The molecule has 5 rings (SSSR count). The maximum Gasteiger partial charge on any atom is 0.407 e. The van der Waals surface area contributed by atoms with Crippen LogP contribution in [0, 0.1) is 12.8 Å². The van der Waals surface area contributed by atoms with Crippen LogP contribution in [0.1, 0.15) is 87.8 Å². The fraction of sp³-hybridized carbons (Fsp3) is 0.622. The van der Waals surface area contributed by atoms with Crippen LogP contribution in [0.3, 0.4) is 0 Å². The van der Waals surface area contributed by atoms with Crippen molar-refractivity contribution in [1.29, 1.82) is 0 Å². The summed E-state index contributed by atoms with van der Waals surface area (Å²) >= 11 is 0. The molecule has 262 valence electrons. The van der Waals surface area contributed by atoms with E-state index < -0.39 is 19.7 Å². The number of carboxylic acid groups (broad SMARTS) is 1. The fourth-order valence-electron chi connectivity index (χ4n) is 6.78. The van der Waals surface area contributed by atoms with E-state index in [0.29, 0.717) is 55.9 Å². The minimum Gasteiger partial charge on any atom is -0.493 e. The molecule has 0 bridgehead atoms. The van der Waals surface area contributed by atoms with Crippen LogP contribution in [0.5, 0.6) is 5.75 Å². The molecule has 0 aliphatic heterocycles. The lowest BCUT2D eigenvalue weighted by atomic mass is 9.88. The van der Waals surface area contributed by atoms with E-state index in [-0.39, 0.29) is 24.7 Å². The van der Waals surface area contributed by atoms with Crippen molar-refractivity contribution in [3.8, 4) is 17.0 Å². The van der Waals surface area contributed by atoms with Gasteiger partial charge in [0.2, 0.25) is 0 Å². The van der Waals surface area contributed by atoms with E-state index in [1.165, 1.54) is 18.4 Å². The second-order valence-corrected chi connectivity index (χ2v) is 21.5. The number of carbonyl (C=O) groups excluding carboxylic acids is 1. The largest absolute Gasteiger partial charge is 0.493 e. The summed E-state index contributed by atoms with van der Waals surface area (Å²) in [5, 5.41) is 13.2. The number of hydrogen-bond donors (Lipinski definition) is 2. The third-order valence-electron chi connectivity index (χ3n) is 9.74. The molecule has 11 heteroatoms. The van der Waals surface area contributed by atoms with Crippen LogP contribution in [0.2, 0.25) is 25.7 Å². The highest BCUT2D eigenvalue weighted by Gasteiger charge is 2.36. The highest BCUT2D eigenvalue weighted by molar-refractivity contribution is 6.76. The summed E-state index contributed by atoms with van der Waals surface area (Å²) in [5.74, 6) is 1.22. The molecule has 10 nitrogen and oxygen atoms in total. The Morgan fingerprint density at radius 1 is 1.08 bits per heavy atom. The molecule has 0 spiro atoms. The molecule has 3 aromatic rings. The smallest absolute Gasteiger partial charge is 0.407 e. The standard InChI is InChI=1S/C37H55N5O5Si/c1-9-25-12-17-30(47-21-26-10-11-26)29(20-25)32-34-33(39-22-38-32)31(24(2)41(34)23-46-18-19-48(6,7)8)35(43)40-27-13-15-28(16-14-27)42(36(44)45)37(3,4)5/h12,17,20,22,26-28H,9-11,13-16,18-19,21,23H2,1-8H3,(H,40,43)(H,44,45)/t27-,28+. The average molecular weight is 678 g/mol. The van der Waals surface area contributed by atoms with E-state index in [1.807, 2.05) is 33.8 Å². The minimum absolute atomic E-state index is 0.0554. The lowest BCUT2D eigenvalue weighted by Gasteiger charge is -2.42. The van der Waals surface area contributed by atoms with Crippen LogP contribution >= 0.6 is 0 Å². The summed E-state index contributed by atoms with van der Waals surface area (Å²) in [5.41, 5.74) is 4.99. The monoisotopic (exact) mass is 677 g/mol. The number of rotatable bonds is 13. The minimum atomic E-state index is -1.30. The van der Waals surface area contributed by atoms with Crippen LogP contribution < -0.4 is 10.1 Å². The van der Waals surface area contributed by atoms with Crippen molar-refractivity contribution in [2.45, 2.75) is 130 Å². The van der Waals surface area contributed by atoms with Crippen LogP contribution in [-0.4, -0.2) is 75.5 Å². The quantitative estimate of drug-likeness (QED) is 0.140. The molecule has 2 N–H and O–H groups in total. The van der Waals surface area contributed by atoms with E-state index in [1.54, 1.807) is 11.2 Å². The van der Waals surface area contributed by atoms with Crippen molar-refractivity contribution in [1.82, 2.24) is 24.8 Å². The van der Waals surface area contributed by atoms with E-state index in [4.69, 9.17) is 19.4 Å². The normalized spacial score (nSPS) is 18.6. The van der Waals surface area contributed by atoms with Gasteiger partial charge in [0, 0.05) is 43.6 Å². The molecular weight excluding hydrogens is 623 g/mol. The Labute approximate surface area is 286 Å². The average Bonchev–Trinajstić information content (AvgIpc) is 3.80. The molecule has 2 saturated carbocycles. The third-order valence-corrected chi connectivity index (χ3v) is 11.4. The van der Waals surface area contributed by atoms with Gasteiger partial charge in [-0.3, -0.25) is 4.79 Å². The van der Waals surface area contributed by atoms with Gasteiger partial charge < -0.3 is 29.4 Å². The second-order valence-electron chi connectivity index (χ2n) is 15.9. The number of benzene rings is 1. The molecule has 0 radical (unpaired) electrons. The number of hydrogen-bond acceptors (Lipinski definition) is 6. The summed E-state index contributed by atoms with van der Waals surface area (Å²) < 4.78 is 14.7. The van der Waals surface area contributed by atoms with Gasteiger partial charge in [-0.15, -0.1) is 0 Å². The molecule has 0 unspecified atom stereocenters. The van der Waals surface area contributed by atoms with Crippen molar-refractivity contribution in [3.05, 3.63) is 41.3 Å². The van der Waals surface area contributed by atoms with E-state index >= 15 is 0 Å². The molecule has 48 heavy (non-hydrogen) atoms. The predicted octanol–water partition coefficient (Wildman–Crippen LogP) is 7.89. The number of ether oxygens (including phenoxy) is 2. The Bertz CT molecular complexity index is 1610. The highest BCUT2D eigenvalue weighted by atomic mass is 28.3. The second kappa shape index (κ2) is 14.6. The molecular formula is C37H55N5O5Si. The molecule has 2 aromatic heterocycles. The van der Waals surface area contributed by atoms with Gasteiger partial charge in [-0.05, 0) is 102 Å². The molecule has 2 amide bonds.